The van der Waals surface area contributed by atoms with Gasteiger partial charge in [0.2, 0.25) is 0 Å². The zero-order valence-electron chi connectivity index (χ0n) is 15.8. The molecule has 2 aromatic rings. The fourth-order valence-corrected chi connectivity index (χ4v) is 3.80. The van der Waals surface area contributed by atoms with Gasteiger partial charge in [0, 0.05) is 51.0 Å². The number of hydrogen-bond donors (Lipinski definition) is 0. The van der Waals surface area contributed by atoms with E-state index in [0.29, 0.717) is 19.6 Å². The number of carbonyl (C=O) groups excluding carboxylic acids is 1. The highest BCUT2D eigenvalue weighted by Crippen LogP contribution is 2.26. The van der Waals surface area contributed by atoms with Crippen molar-refractivity contribution in [2.45, 2.75) is 12.5 Å². The van der Waals surface area contributed by atoms with Crippen molar-refractivity contribution in [3.63, 3.8) is 0 Å². The van der Waals surface area contributed by atoms with E-state index in [2.05, 4.69) is 40.0 Å². The Morgan fingerprint density at radius 3 is 2.67 bits per heavy atom. The van der Waals surface area contributed by atoms with Gasteiger partial charge in [0.25, 0.3) is 5.91 Å². The van der Waals surface area contributed by atoms with Crippen LogP contribution in [0.4, 0.5) is 11.4 Å². The summed E-state index contributed by atoms with van der Waals surface area (Å²) in [6.45, 7) is 5.25. The Morgan fingerprint density at radius 2 is 1.89 bits per heavy atom. The zero-order chi connectivity index (χ0) is 18.6. The van der Waals surface area contributed by atoms with Gasteiger partial charge in [-0.1, -0.05) is 18.2 Å². The highest BCUT2D eigenvalue weighted by atomic mass is 16.5. The Bertz CT molecular complexity index is 775. The van der Waals surface area contributed by atoms with E-state index in [1.807, 2.05) is 18.2 Å². The van der Waals surface area contributed by atoms with Crippen LogP contribution in [0.1, 0.15) is 5.56 Å². The van der Waals surface area contributed by atoms with Crippen LogP contribution >= 0.6 is 0 Å². The maximum Gasteiger partial charge on any atom is 0.256 e. The molecule has 2 fully saturated rings. The first kappa shape index (κ1) is 17.9. The minimum Gasteiger partial charge on any atom is -0.369 e. The van der Waals surface area contributed by atoms with E-state index in [1.54, 1.807) is 17.3 Å². The predicted molar refractivity (Wildman–Crippen MR) is 106 cm³/mol. The molecule has 2 aliphatic heterocycles. The van der Waals surface area contributed by atoms with Gasteiger partial charge in [-0.2, -0.15) is 0 Å². The standard InChI is InChI=1S/C21H26N4O2/c1-23-9-11-24(12-10-23)19-7-3-2-5-17(19)15-20-21(26)25(13-14-27-20)18-6-4-8-22-16-18/h2-8,16,20H,9-15H2,1H3. The third kappa shape index (κ3) is 3.96. The van der Waals surface area contributed by atoms with Crippen LogP contribution in [0.5, 0.6) is 0 Å². The van der Waals surface area contributed by atoms with Gasteiger partial charge in [-0.05, 0) is 30.8 Å². The monoisotopic (exact) mass is 366 g/mol. The summed E-state index contributed by atoms with van der Waals surface area (Å²) in [6, 6.07) is 12.2. The van der Waals surface area contributed by atoms with Crippen LogP contribution in [0.15, 0.2) is 48.8 Å². The van der Waals surface area contributed by atoms with Crippen LogP contribution in [0, 0.1) is 0 Å². The number of pyridine rings is 1. The highest BCUT2D eigenvalue weighted by molar-refractivity contribution is 5.97. The minimum atomic E-state index is -0.451. The fourth-order valence-electron chi connectivity index (χ4n) is 3.80. The van der Waals surface area contributed by atoms with E-state index >= 15 is 0 Å². The van der Waals surface area contributed by atoms with Crippen LogP contribution in [-0.2, 0) is 16.0 Å². The smallest absolute Gasteiger partial charge is 0.256 e. The molecule has 0 spiro atoms. The molecule has 6 nitrogen and oxygen atoms in total. The first-order chi connectivity index (χ1) is 13.2. The normalized spacial score (nSPS) is 21.5. The lowest BCUT2D eigenvalue weighted by atomic mass is 10.0. The molecule has 1 unspecified atom stereocenters. The summed E-state index contributed by atoms with van der Waals surface area (Å²) in [4.78, 5) is 23.7. The molecule has 3 heterocycles. The van der Waals surface area contributed by atoms with Crippen LogP contribution < -0.4 is 9.80 Å². The minimum absolute atomic E-state index is 0.0161. The second-order valence-corrected chi connectivity index (χ2v) is 7.18. The van der Waals surface area contributed by atoms with Crippen molar-refractivity contribution in [3.05, 3.63) is 54.4 Å². The number of hydrogen-bond acceptors (Lipinski definition) is 5. The number of anilines is 2. The number of para-hydroxylation sites is 1. The van der Waals surface area contributed by atoms with Gasteiger partial charge in [-0.25, -0.2) is 0 Å². The van der Waals surface area contributed by atoms with Gasteiger partial charge < -0.3 is 19.4 Å². The largest absolute Gasteiger partial charge is 0.369 e. The Morgan fingerprint density at radius 1 is 1.07 bits per heavy atom. The number of piperazine rings is 1. The van der Waals surface area contributed by atoms with Crippen LogP contribution in [-0.4, -0.2) is 68.3 Å². The maximum absolute atomic E-state index is 13.0. The van der Waals surface area contributed by atoms with Crippen LogP contribution in [0.3, 0.4) is 0 Å². The second-order valence-electron chi connectivity index (χ2n) is 7.18. The van der Waals surface area contributed by atoms with Crippen LogP contribution in [0.2, 0.25) is 0 Å². The molecular formula is C21H26N4O2. The quantitative estimate of drug-likeness (QED) is 0.826. The molecule has 0 bridgehead atoms. The number of likely N-dealkylation sites (N-methyl/N-ethyl adjacent to an activating group) is 1. The maximum atomic E-state index is 13.0. The summed E-state index contributed by atoms with van der Waals surface area (Å²) in [5, 5.41) is 0. The molecule has 1 atom stereocenters. The SMILES string of the molecule is CN1CCN(c2ccccc2CC2OCCN(c3cccnc3)C2=O)CC1. The third-order valence-electron chi connectivity index (χ3n) is 5.37. The molecule has 0 radical (unpaired) electrons. The summed E-state index contributed by atoms with van der Waals surface area (Å²) in [5.74, 6) is 0.0161. The summed E-state index contributed by atoms with van der Waals surface area (Å²) >= 11 is 0. The van der Waals surface area contributed by atoms with Crippen molar-refractivity contribution in [2.24, 2.45) is 0 Å². The number of nitrogens with zero attached hydrogens (tertiary/aromatic N) is 4. The average Bonchev–Trinajstić information content (AvgIpc) is 2.71. The lowest BCUT2D eigenvalue weighted by Crippen LogP contribution is -2.49. The Balaban J connectivity index is 1.51. The molecule has 2 aliphatic rings. The van der Waals surface area contributed by atoms with Gasteiger partial charge in [0.15, 0.2) is 0 Å². The van der Waals surface area contributed by atoms with Gasteiger partial charge >= 0.3 is 0 Å². The van der Waals surface area contributed by atoms with Gasteiger partial charge in [-0.3, -0.25) is 9.78 Å². The molecule has 1 aromatic heterocycles. The van der Waals surface area contributed by atoms with Gasteiger partial charge in [0.1, 0.15) is 6.10 Å². The van der Waals surface area contributed by atoms with Crippen molar-refractivity contribution in [1.29, 1.82) is 0 Å². The van der Waals surface area contributed by atoms with Crippen molar-refractivity contribution in [3.8, 4) is 0 Å². The Labute approximate surface area is 160 Å². The Hall–Kier alpha value is -2.44. The van der Waals surface area contributed by atoms with E-state index in [1.165, 1.54) is 11.3 Å². The van der Waals surface area contributed by atoms with Crippen molar-refractivity contribution < 1.29 is 9.53 Å². The first-order valence-electron chi connectivity index (χ1n) is 9.57. The summed E-state index contributed by atoms with van der Waals surface area (Å²) in [5.41, 5.74) is 3.23. The molecule has 0 saturated carbocycles. The van der Waals surface area contributed by atoms with E-state index in [4.69, 9.17) is 4.74 Å². The molecule has 0 aliphatic carbocycles. The number of morpholine rings is 1. The highest BCUT2D eigenvalue weighted by Gasteiger charge is 2.31. The summed E-state index contributed by atoms with van der Waals surface area (Å²) in [6.07, 6.45) is 3.60. The second kappa shape index (κ2) is 8.06. The van der Waals surface area contributed by atoms with Crippen molar-refractivity contribution >= 4 is 17.3 Å². The number of amides is 1. The number of ether oxygens (including phenoxy) is 1. The molecule has 1 aromatic carbocycles. The molecule has 4 rings (SSSR count). The number of rotatable bonds is 4. The lowest BCUT2D eigenvalue weighted by molar-refractivity contribution is -0.133. The first-order valence-corrected chi connectivity index (χ1v) is 9.57. The Kier molecular flexibility index (Phi) is 5.36. The number of benzene rings is 1. The van der Waals surface area contributed by atoms with E-state index in [0.717, 1.165) is 31.9 Å². The molecule has 1 amide bonds. The zero-order valence-corrected chi connectivity index (χ0v) is 15.8. The topological polar surface area (TPSA) is 48.9 Å². The predicted octanol–water partition coefficient (Wildman–Crippen LogP) is 1.81. The molecule has 27 heavy (non-hydrogen) atoms. The summed E-state index contributed by atoms with van der Waals surface area (Å²) in [7, 11) is 2.16. The number of aromatic nitrogens is 1. The van der Waals surface area contributed by atoms with Crippen LogP contribution in [0.25, 0.3) is 0 Å². The molecular weight excluding hydrogens is 340 g/mol. The van der Waals surface area contributed by atoms with Crippen molar-refractivity contribution in [1.82, 2.24) is 9.88 Å². The van der Waals surface area contributed by atoms with E-state index in [9.17, 15) is 4.79 Å². The van der Waals surface area contributed by atoms with Gasteiger partial charge in [0.05, 0.1) is 18.5 Å². The van der Waals surface area contributed by atoms with Gasteiger partial charge in [-0.15, -0.1) is 0 Å². The number of carbonyl (C=O) groups is 1. The molecule has 0 N–H and O–H groups in total. The molecule has 6 heteroatoms. The average molecular weight is 366 g/mol. The van der Waals surface area contributed by atoms with E-state index < -0.39 is 6.10 Å². The fraction of sp³-hybridized carbons (Fsp3) is 0.429. The van der Waals surface area contributed by atoms with Crippen molar-refractivity contribution in [2.75, 3.05) is 56.2 Å². The third-order valence-corrected chi connectivity index (χ3v) is 5.37. The van der Waals surface area contributed by atoms with E-state index in [-0.39, 0.29) is 5.91 Å². The molecule has 2 saturated heterocycles. The molecule has 142 valence electrons. The summed E-state index contributed by atoms with van der Waals surface area (Å²) < 4.78 is 5.87. The lowest BCUT2D eigenvalue weighted by Gasteiger charge is -2.36.